The molecule has 28 heavy (non-hydrogen) atoms. The molecule has 0 aliphatic carbocycles. The highest BCUT2D eigenvalue weighted by Gasteiger charge is 2.23. The topological polar surface area (TPSA) is 55.4 Å². The van der Waals surface area contributed by atoms with E-state index in [4.69, 9.17) is 16.3 Å². The molecule has 3 rings (SSSR count). The molecule has 0 saturated carbocycles. The third-order valence-corrected chi connectivity index (χ3v) is 4.45. The summed E-state index contributed by atoms with van der Waals surface area (Å²) in [5.74, 6) is -0.798. The molecule has 3 aromatic rings. The van der Waals surface area contributed by atoms with Crippen molar-refractivity contribution in [3.8, 4) is 0 Å². The van der Waals surface area contributed by atoms with Crippen LogP contribution in [0.15, 0.2) is 84.9 Å². The summed E-state index contributed by atoms with van der Waals surface area (Å²) in [5, 5.41) is 3.41. The molecule has 1 atom stereocenters. The van der Waals surface area contributed by atoms with Crippen molar-refractivity contribution < 1.29 is 14.3 Å². The fourth-order valence-electron chi connectivity index (χ4n) is 2.71. The van der Waals surface area contributed by atoms with Crippen molar-refractivity contribution in [2.45, 2.75) is 19.1 Å². The van der Waals surface area contributed by atoms with Gasteiger partial charge in [-0.2, -0.15) is 0 Å². The number of rotatable bonds is 7. The monoisotopic (exact) mass is 393 g/mol. The van der Waals surface area contributed by atoms with E-state index in [1.807, 2.05) is 36.4 Å². The van der Waals surface area contributed by atoms with Crippen molar-refractivity contribution in [1.82, 2.24) is 5.32 Å². The van der Waals surface area contributed by atoms with Crippen LogP contribution in [0.25, 0.3) is 0 Å². The van der Waals surface area contributed by atoms with Gasteiger partial charge < -0.3 is 10.1 Å². The Morgan fingerprint density at radius 2 is 1.43 bits per heavy atom. The van der Waals surface area contributed by atoms with Crippen molar-refractivity contribution in [2.75, 3.05) is 0 Å². The first-order chi connectivity index (χ1) is 13.6. The van der Waals surface area contributed by atoms with E-state index in [1.54, 1.807) is 48.5 Å². The van der Waals surface area contributed by atoms with Crippen molar-refractivity contribution in [3.63, 3.8) is 0 Å². The van der Waals surface area contributed by atoms with Gasteiger partial charge in [-0.15, -0.1) is 0 Å². The summed E-state index contributed by atoms with van der Waals surface area (Å²) in [7, 11) is 0. The van der Waals surface area contributed by atoms with Crippen LogP contribution in [0.5, 0.6) is 0 Å². The maximum absolute atomic E-state index is 12.7. The number of halogens is 1. The molecule has 0 bridgehead atoms. The lowest BCUT2D eigenvalue weighted by atomic mass is 10.1. The molecular weight excluding hydrogens is 374 g/mol. The number of hydrogen-bond donors (Lipinski definition) is 1. The molecule has 0 aliphatic rings. The van der Waals surface area contributed by atoms with Gasteiger partial charge in [-0.05, 0) is 35.4 Å². The van der Waals surface area contributed by atoms with Crippen molar-refractivity contribution in [1.29, 1.82) is 0 Å². The molecule has 0 aliphatic heterocycles. The van der Waals surface area contributed by atoms with Gasteiger partial charge in [0.05, 0.1) is 0 Å². The Morgan fingerprint density at radius 3 is 2.07 bits per heavy atom. The lowest BCUT2D eigenvalue weighted by Crippen LogP contribution is -2.43. The highest BCUT2D eigenvalue weighted by Crippen LogP contribution is 2.12. The summed E-state index contributed by atoms with van der Waals surface area (Å²) in [4.78, 5) is 25.2. The van der Waals surface area contributed by atoms with Crippen LogP contribution >= 0.6 is 11.6 Å². The van der Waals surface area contributed by atoms with E-state index in [-0.39, 0.29) is 12.5 Å². The van der Waals surface area contributed by atoms with Gasteiger partial charge in [-0.1, -0.05) is 72.3 Å². The van der Waals surface area contributed by atoms with E-state index < -0.39 is 12.0 Å². The largest absolute Gasteiger partial charge is 0.459 e. The second-order valence-corrected chi connectivity index (χ2v) is 6.75. The minimum Gasteiger partial charge on any atom is -0.459 e. The molecule has 1 N–H and O–H groups in total. The predicted octanol–water partition coefficient (Wildman–Crippen LogP) is 4.42. The minimum absolute atomic E-state index is 0.114. The maximum atomic E-state index is 12.7. The second kappa shape index (κ2) is 9.72. The Labute approximate surface area is 169 Å². The van der Waals surface area contributed by atoms with Gasteiger partial charge in [0.25, 0.3) is 5.91 Å². The molecule has 0 fully saturated rings. The number of hydrogen-bond acceptors (Lipinski definition) is 3. The lowest BCUT2D eigenvalue weighted by molar-refractivity contribution is -0.147. The molecule has 0 radical (unpaired) electrons. The summed E-state index contributed by atoms with van der Waals surface area (Å²) in [6.45, 7) is 0.114. The van der Waals surface area contributed by atoms with Crippen molar-refractivity contribution in [3.05, 3.63) is 107 Å². The van der Waals surface area contributed by atoms with Gasteiger partial charge in [0.1, 0.15) is 12.6 Å². The first kappa shape index (κ1) is 19.6. The van der Waals surface area contributed by atoms with E-state index in [0.29, 0.717) is 17.0 Å². The van der Waals surface area contributed by atoms with E-state index in [2.05, 4.69) is 5.32 Å². The molecule has 3 aromatic carbocycles. The zero-order valence-electron chi connectivity index (χ0n) is 15.2. The first-order valence-corrected chi connectivity index (χ1v) is 9.30. The van der Waals surface area contributed by atoms with Crippen molar-refractivity contribution in [2.24, 2.45) is 0 Å². The minimum atomic E-state index is -0.789. The number of ether oxygens (including phenoxy) is 1. The van der Waals surface area contributed by atoms with Crippen LogP contribution in [-0.2, 0) is 22.6 Å². The second-order valence-electron chi connectivity index (χ2n) is 6.32. The van der Waals surface area contributed by atoms with Gasteiger partial charge in [0.15, 0.2) is 0 Å². The van der Waals surface area contributed by atoms with E-state index in [0.717, 1.165) is 11.1 Å². The summed E-state index contributed by atoms with van der Waals surface area (Å²) < 4.78 is 5.44. The number of nitrogens with one attached hydrogen (secondary N) is 1. The first-order valence-electron chi connectivity index (χ1n) is 8.93. The molecule has 1 unspecified atom stereocenters. The standard InChI is InChI=1S/C23H20ClNO3/c24-20-13-11-18(12-14-20)16-28-23(27)21(15-17-7-3-1-4-8-17)25-22(26)19-9-5-2-6-10-19/h1-14,21H,15-16H2,(H,25,26). The molecule has 0 aromatic heterocycles. The van der Waals surface area contributed by atoms with Gasteiger partial charge >= 0.3 is 5.97 Å². The smallest absolute Gasteiger partial charge is 0.329 e. The molecular formula is C23H20ClNO3. The Balaban J connectivity index is 1.70. The maximum Gasteiger partial charge on any atom is 0.329 e. The van der Waals surface area contributed by atoms with Crippen molar-refractivity contribution >= 4 is 23.5 Å². The summed E-state index contributed by atoms with van der Waals surface area (Å²) in [5.41, 5.74) is 2.25. The molecule has 0 heterocycles. The highest BCUT2D eigenvalue weighted by molar-refractivity contribution is 6.30. The Morgan fingerprint density at radius 1 is 0.821 bits per heavy atom. The zero-order chi connectivity index (χ0) is 19.8. The van der Waals surface area contributed by atoms with Gasteiger partial charge in [0, 0.05) is 17.0 Å². The van der Waals surface area contributed by atoms with Gasteiger partial charge in [0.2, 0.25) is 0 Å². The fraction of sp³-hybridized carbons (Fsp3) is 0.130. The third kappa shape index (κ3) is 5.69. The lowest BCUT2D eigenvalue weighted by Gasteiger charge is -2.18. The third-order valence-electron chi connectivity index (χ3n) is 4.20. The van der Waals surface area contributed by atoms with Crippen LogP contribution in [-0.4, -0.2) is 17.9 Å². The quantitative estimate of drug-likeness (QED) is 0.604. The SMILES string of the molecule is O=C(NC(Cc1ccccc1)C(=O)OCc1ccc(Cl)cc1)c1ccccc1. The van der Waals surface area contributed by atoms with Crippen LogP contribution in [0.4, 0.5) is 0 Å². The van der Waals surface area contributed by atoms with Crippen LogP contribution in [0, 0.1) is 0 Å². The number of benzene rings is 3. The molecule has 5 heteroatoms. The Bertz CT molecular complexity index is 912. The van der Waals surface area contributed by atoms with Gasteiger partial charge in [-0.25, -0.2) is 4.79 Å². The van der Waals surface area contributed by atoms with E-state index >= 15 is 0 Å². The predicted molar refractivity (Wildman–Crippen MR) is 109 cm³/mol. The summed E-state index contributed by atoms with van der Waals surface area (Å²) in [6.07, 6.45) is 0.346. The zero-order valence-corrected chi connectivity index (χ0v) is 15.9. The van der Waals surface area contributed by atoms with E-state index in [1.165, 1.54) is 0 Å². The number of amides is 1. The average molecular weight is 394 g/mol. The molecule has 4 nitrogen and oxygen atoms in total. The fourth-order valence-corrected chi connectivity index (χ4v) is 2.84. The number of carbonyl (C=O) groups is 2. The molecule has 142 valence electrons. The average Bonchev–Trinajstić information content (AvgIpc) is 2.74. The van der Waals surface area contributed by atoms with Crippen LogP contribution < -0.4 is 5.32 Å². The van der Waals surface area contributed by atoms with Gasteiger partial charge in [-0.3, -0.25) is 4.79 Å². The summed E-state index contributed by atoms with van der Waals surface area (Å²) in [6, 6.07) is 24.6. The number of carbonyl (C=O) groups excluding carboxylic acids is 2. The Kier molecular flexibility index (Phi) is 6.82. The molecule has 0 spiro atoms. The Hall–Kier alpha value is -3.11. The highest BCUT2D eigenvalue weighted by atomic mass is 35.5. The van der Waals surface area contributed by atoms with Crippen LogP contribution in [0.1, 0.15) is 21.5 Å². The normalized spacial score (nSPS) is 11.5. The summed E-state index contributed by atoms with van der Waals surface area (Å²) >= 11 is 5.88. The van der Waals surface area contributed by atoms with Crippen LogP contribution in [0.2, 0.25) is 5.02 Å². The number of esters is 1. The van der Waals surface area contributed by atoms with E-state index in [9.17, 15) is 9.59 Å². The van der Waals surface area contributed by atoms with Crippen LogP contribution in [0.3, 0.4) is 0 Å². The molecule has 0 saturated heterocycles. The molecule has 1 amide bonds.